The molecule has 1 heterocycles. The fourth-order valence-electron chi connectivity index (χ4n) is 1.80. The third kappa shape index (κ3) is 7.08. The number of aromatic nitrogens is 3. The number of nitrogens with zero attached hydrogens (tertiary/aromatic N) is 3. The van der Waals surface area contributed by atoms with E-state index in [1.807, 2.05) is 13.8 Å². The van der Waals surface area contributed by atoms with Gasteiger partial charge in [0, 0.05) is 13.6 Å². The zero-order chi connectivity index (χ0) is 16.0. The summed E-state index contributed by atoms with van der Waals surface area (Å²) in [4.78, 5) is 12.5. The lowest BCUT2D eigenvalue weighted by Gasteiger charge is -2.22. The second-order valence-corrected chi connectivity index (χ2v) is 6.48. The van der Waals surface area contributed by atoms with Crippen molar-refractivity contribution >= 4 is 11.9 Å². The van der Waals surface area contributed by atoms with Gasteiger partial charge in [-0.05, 0) is 25.7 Å². The molecular formula is C14H27N5O2. The van der Waals surface area contributed by atoms with E-state index in [0.717, 1.165) is 0 Å². The van der Waals surface area contributed by atoms with Gasteiger partial charge < -0.3 is 20.5 Å². The van der Waals surface area contributed by atoms with Crippen LogP contribution in [0.25, 0.3) is 0 Å². The fraction of sp³-hybridized carbons (Fsp3) is 0.786. The molecule has 0 fully saturated rings. The molecule has 1 unspecified atom stereocenters. The van der Waals surface area contributed by atoms with Gasteiger partial charge in [0.1, 0.15) is 0 Å². The Morgan fingerprint density at radius 2 is 1.76 bits per heavy atom. The second kappa shape index (κ2) is 7.40. The van der Waals surface area contributed by atoms with Crippen LogP contribution in [0.2, 0.25) is 0 Å². The molecule has 0 radical (unpaired) electrons. The lowest BCUT2D eigenvalue weighted by Crippen LogP contribution is -2.26. The molecule has 1 aromatic rings. The third-order valence-corrected chi connectivity index (χ3v) is 2.52. The Bertz CT molecular complexity index is 445. The van der Waals surface area contributed by atoms with Crippen LogP contribution in [0.4, 0.5) is 11.9 Å². The van der Waals surface area contributed by atoms with Crippen molar-refractivity contribution in [2.45, 2.75) is 53.2 Å². The van der Waals surface area contributed by atoms with E-state index in [-0.39, 0.29) is 17.5 Å². The van der Waals surface area contributed by atoms with Gasteiger partial charge >= 0.3 is 6.01 Å². The number of hydrogen-bond donors (Lipinski definition) is 3. The number of anilines is 2. The van der Waals surface area contributed by atoms with Gasteiger partial charge in [-0.1, -0.05) is 20.8 Å². The van der Waals surface area contributed by atoms with Crippen LogP contribution in [-0.4, -0.2) is 45.9 Å². The molecule has 120 valence electrons. The van der Waals surface area contributed by atoms with Crippen molar-refractivity contribution in [2.24, 2.45) is 5.41 Å². The van der Waals surface area contributed by atoms with E-state index in [9.17, 15) is 5.11 Å². The van der Waals surface area contributed by atoms with Crippen molar-refractivity contribution in [3.05, 3.63) is 0 Å². The first-order chi connectivity index (χ1) is 9.69. The van der Waals surface area contributed by atoms with Gasteiger partial charge in [-0.2, -0.15) is 15.0 Å². The van der Waals surface area contributed by atoms with Crippen LogP contribution in [0.5, 0.6) is 6.01 Å². The Labute approximate surface area is 126 Å². The maximum absolute atomic E-state index is 10.0. The molecule has 0 aliphatic carbocycles. The van der Waals surface area contributed by atoms with Crippen LogP contribution in [0.1, 0.15) is 41.0 Å². The molecule has 21 heavy (non-hydrogen) atoms. The van der Waals surface area contributed by atoms with Gasteiger partial charge in [0.15, 0.2) is 0 Å². The summed E-state index contributed by atoms with van der Waals surface area (Å²) in [5.41, 5.74) is 0.0717. The molecule has 7 heteroatoms. The van der Waals surface area contributed by atoms with Crippen molar-refractivity contribution in [1.29, 1.82) is 0 Å². The SMILES string of the molecule is CNc1nc(NCC(O)CC(C)(C)C)nc(OC(C)C)n1. The molecule has 1 rings (SSSR count). The Balaban J connectivity index is 2.69. The van der Waals surface area contributed by atoms with Gasteiger partial charge in [0.05, 0.1) is 12.2 Å². The molecule has 0 bridgehead atoms. The average molecular weight is 297 g/mol. The summed E-state index contributed by atoms with van der Waals surface area (Å²) >= 11 is 0. The molecule has 0 aliphatic rings. The van der Waals surface area contributed by atoms with Gasteiger partial charge in [0.25, 0.3) is 0 Å². The zero-order valence-corrected chi connectivity index (χ0v) is 13.8. The molecule has 0 amide bonds. The van der Waals surface area contributed by atoms with Gasteiger partial charge in [-0.15, -0.1) is 0 Å². The molecule has 0 aromatic carbocycles. The van der Waals surface area contributed by atoms with Crippen molar-refractivity contribution in [3.63, 3.8) is 0 Å². The van der Waals surface area contributed by atoms with Crippen molar-refractivity contribution in [1.82, 2.24) is 15.0 Å². The van der Waals surface area contributed by atoms with Crippen LogP contribution >= 0.6 is 0 Å². The van der Waals surface area contributed by atoms with Crippen molar-refractivity contribution in [2.75, 3.05) is 24.2 Å². The number of hydrogen-bond acceptors (Lipinski definition) is 7. The first-order valence-electron chi connectivity index (χ1n) is 7.22. The minimum absolute atomic E-state index is 0.0172. The highest BCUT2D eigenvalue weighted by atomic mass is 16.5. The Kier molecular flexibility index (Phi) is 6.14. The van der Waals surface area contributed by atoms with E-state index in [2.05, 4.69) is 46.4 Å². The molecule has 0 spiro atoms. The quantitative estimate of drug-likeness (QED) is 0.708. The van der Waals surface area contributed by atoms with Crippen molar-refractivity contribution < 1.29 is 9.84 Å². The standard InChI is InChI=1S/C14H27N5O2/c1-9(2)21-13-18-11(15-6)17-12(19-13)16-8-10(20)7-14(3,4)5/h9-10,20H,7-8H2,1-6H3,(H2,15,16,17,18,19). The minimum atomic E-state index is -0.464. The highest BCUT2D eigenvalue weighted by Crippen LogP contribution is 2.21. The molecule has 7 nitrogen and oxygen atoms in total. The molecule has 3 N–H and O–H groups in total. The van der Waals surface area contributed by atoms with E-state index >= 15 is 0 Å². The topological polar surface area (TPSA) is 92.2 Å². The molecule has 0 saturated carbocycles. The monoisotopic (exact) mass is 297 g/mol. The molecule has 1 atom stereocenters. The van der Waals surface area contributed by atoms with Gasteiger partial charge in [0.2, 0.25) is 11.9 Å². The van der Waals surface area contributed by atoms with Gasteiger partial charge in [-0.3, -0.25) is 0 Å². The van der Waals surface area contributed by atoms with E-state index in [0.29, 0.717) is 24.9 Å². The number of aliphatic hydroxyl groups is 1. The highest BCUT2D eigenvalue weighted by Gasteiger charge is 2.17. The Hall–Kier alpha value is -1.63. The lowest BCUT2D eigenvalue weighted by molar-refractivity contribution is 0.132. The van der Waals surface area contributed by atoms with Crippen LogP contribution in [0.15, 0.2) is 0 Å². The summed E-state index contributed by atoms with van der Waals surface area (Å²) in [6.07, 6.45) is 0.213. The summed E-state index contributed by atoms with van der Waals surface area (Å²) < 4.78 is 5.48. The molecule has 0 saturated heterocycles. The summed E-state index contributed by atoms with van der Waals surface area (Å²) in [7, 11) is 1.73. The first kappa shape index (κ1) is 17.4. The Morgan fingerprint density at radius 3 is 2.29 bits per heavy atom. The molecule has 0 aliphatic heterocycles. The average Bonchev–Trinajstić information content (AvgIpc) is 2.33. The maximum Gasteiger partial charge on any atom is 0.323 e. The number of ether oxygens (including phenoxy) is 1. The third-order valence-electron chi connectivity index (χ3n) is 2.52. The number of aliphatic hydroxyl groups excluding tert-OH is 1. The predicted molar refractivity (Wildman–Crippen MR) is 83.7 cm³/mol. The fourth-order valence-corrected chi connectivity index (χ4v) is 1.80. The first-order valence-corrected chi connectivity index (χ1v) is 7.22. The minimum Gasteiger partial charge on any atom is -0.461 e. The van der Waals surface area contributed by atoms with Crippen LogP contribution in [0, 0.1) is 5.41 Å². The summed E-state index contributed by atoms with van der Waals surface area (Å²) in [5, 5.41) is 15.9. The van der Waals surface area contributed by atoms with Crippen molar-refractivity contribution in [3.8, 4) is 6.01 Å². The van der Waals surface area contributed by atoms with E-state index < -0.39 is 6.10 Å². The zero-order valence-electron chi connectivity index (χ0n) is 13.8. The maximum atomic E-state index is 10.0. The summed E-state index contributed by atoms with van der Waals surface area (Å²) in [5.74, 6) is 0.812. The predicted octanol–water partition coefficient (Wildman–Crippen LogP) is 1.91. The van der Waals surface area contributed by atoms with E-state index in [1.54, 1.807) is 7.05 Å². The Morgan fingerprint density at radius 1 is 1.14 bits per heavy atom. The summed E-state index contributed by atoms with van der Waals surface area (Å²) in [6.45, 7) is 10.5. The lowest BCUT2D eigenvalue weighted by atomic mass is 9.89. The van der Waals surface area contributed by atoms with Crippen LogP contribution < -0.4 is 15.4 Å². The van der Waals surface area contributed by atoms with Crippen LogP contribution in [0.3, 0.4) is 0 Å². The largest absolute Gasteiger partial charge is 0.461 e. The second-order valence-electron chi connectivity index (χ2n) is 6.48. The summed E-state index contributed by atoms with van der Waals surface area (Å²) in [6, 6.07) is 0.261. The van der Waals surface area contributed by atoms with E-state index in [1.165, 1.54) is 0 Å². The number of rotatable bonds is 7. The van der Waals surface area contributed by atoms with E-state index in [4.69, 9.17) is 4.74 Å². The molecule has 1 aromatic heterocycles. The highest BCUT2D eigenvalue weighted by molar-refractivity contribution is 5.35. The smallest absolute Gasteiger partial charge is 0.323 e. The van der Waals surface area contributed by atoms with Gasteiger partial charge in [-0.25, -0.2) is 0 Å². The number of nitrogens with one attached hydrogen (secondary N) is 2. The van der Waals surface area contributed by atoms with Crippen LogP contribution in [-0.2, 0) is 0 Å². The normalized spacial score (nSPS) is 13.1. The molecular weight excluding hydrogens is 270 g/mol.